The highest BCUT2D eigenvalue weighted by Gasteiger charge is 2.24. The number of thiazole rings is 1. The molecule has 21 heavy (non-hydrogen) atoms. The Kier molecular flexibility index (Phi) is 6.02. The molecule has 4 nitrogen and oxygen atoms in total. The lowest BCUT2D eigenvalue weighted by atomic mass is 9.94. The number of anilines is 1. The van der Waals surface area contributed by atoms with Crippen molar-refractivity contribution in [1.29, 1.82) is 0 Å². The van der Waals surface area contributed by atoms with Crippen molar-refractivity contribution in [2.24, 2.45) is 0 Å². The standard InChI is InChI=1S/C16H29N3OS/c1-12(20)10-19(14-8-6-5-7-9-14)11-15-13(2)17-16(21-15)18(3)4/h12,14,20H,5-11H2,1-4H3. The number of rotatable bonds is 6. The monoisotopic (exact) mass is 311 g/mol. The van der Waals surface area contributed by atoms with Crippen LogP contribution in [0.4, 0.5) is 5.13 Å². The fourth-order valence-corrected chi connectivity index (χ4v) is 4.07. The van der Waals surface area contributed by atoms with Gasteiger partial charge in [-0.05, 0) is 26.7 Å². The molecule has 0 saturated heterocycles. The molecular formula is C16H29N3OS. The number of aliphatic hydroxyl groups is 1. The largest absolute Gasteiger partial charge is 0.392 e. The van der Waals surface area contributed by atoms with Gasteiger partial charge in [-0.25, -0.2) is 4.98 Å². The van der Waals surface area contributed by atoms with Crippen LogP contribution >= 0.6 is 11.3 Å². The lowest BCUT2D eigenvalue weighted by Gasteiger charge is -2.34. The average Bonchev–Trinajstić information content (AvgIpc) is 2.80. The van der Waals surface area contributed by atoms with Crippen molar-refractivity contribution >= 4 is 16.5 Å². The summed E-state index contributed by atoms with van der Waals surface area (Å²) >= 11 is 1.78. The second-order valence-corrected chi connectivity index (χ2v) is 7.53. The van der Waals surface area contributed by atoms with E-state index >= 15 is 0 Å². The SMILES string of the molecule is Cc1nc(N(C)C)sc1CN(CC(C)O)C1CCCCC1. The summed E-state index contributed by atoms with van der Waals surface area (Å²) in [6.07, 6.45) is 6.28. The molecule has 0 amide bonds. The highest BCUT2D eigenvalue weighted by atomic mass is 32.1. The zero-order valence-corrected chi connectivity index (χ0v) is 14.6. The van der Waals surface area contributed by atoms with E-state index in [4.69, 9.17) is 0 Å². The minimum absolute atomic E-state index is 0.270. The van der Waals surface area contributed by atoms with Gasteiger partial charge < -0.3 is 10.0 Å². The summed E-state index contributed by atoms with van der Waals surface area (Å²) in [5.41, 5.74) is 1.13. The summed E-state index contributed by atoms with van der Waals surface area (Å²) < 4.78 is 0. The van der Waals surface area contributed by atoms with Crippen LogP contribution in [0.15, 0.2) is 0 Å². The molecule has 120 valence electrons. The first-order valence-corrected chi connectivity index (χ1v) is 8.84. The lowest BCUT2D eigenvalue weighted by molar-refractivity contribution is 0.0774. The minimum Gasteiger partial charge on any atom is -0.392 e. The quantitative estimate of drug-likeness (QED) is 0.876. The van der Waals surface area contributed by atoms with Crippen molar-refractivity contribution in [3.8, 4) is 0 Å². The molecule has 1 aromatic heterocycles. The van der Waals surface area contributed by atoms with Gasteiger partial charge in [0, 0.05) is 38.1 Å². The molecule has 1 N–H and O–H groups in total. The van der Waals surface area contributed by atoms with Gasteiger partial charge in [0.05, 0.1) is 11.8 Å². The molecule has 1 aliphatic carbocycles. The summed E-state index contributed by atoms with van der Waals surface area (Å²) in [7, 11) is 4.08. The third-order valence-electron chi connectivity index (χ3n) is 4.20. The summed E-state index contributed by atoms with van der Waals surface area (Å²) in [5, 5.41) is 10.9. The van der Waals surface area contributed by atoms with Crippen LogP contribution in [0.3, 0.4) is 0 Å². The van der Waals surface area contributed by atoms with Gasteiger partial charge in [-0.2, -0.15) is 0 Å². The molecule has 0 aliphatic heterocycles. The molecule has 1 heterocycles. The van der Waals surface area contributed by atoms with Crippen molar-refractivity contribution in [2.45, 2.75) is 64.6 Å². The van der Waals surface area contributed by atoms with Crippen LogP contribution < -0.4 is 4.90 Å². The predicted octanol–water partition coefficient (Wildman–Crippen LogP) is 3.03. The van der Waals surface area contributed by atoms with Crippen LogP contribution in [-0.4, -0.2) is 47.8 Å². The number of hydrogen-bond donors (Lipinski definition) is 1. The molecular weight excluding hydrogens is 282 g/mol. The third kappa shape index (κ3) is 4.66. The first-order valence-electron chi connectivity index (χ1n) is 8.03. The van der Waals surface area contributed by atoms with Crippen LogP contribution in [0.1, 0.15) is 49.6 Å². The minimum atomic E-state index is -0.270. The number of hydrogen-bond acceptors (Lipinski definition) is 5. The van der Waals surface area contributed by atoms with Gasteiger partial charge in [0.1, 0.15) is 0 Å². The number of nitrogens with zero attached hydrogens (tertiary/aromatic N) is 3. The first-order chi connectivity index (χ1) is 9.97. The van der Waals surface area contributed by atoms with Crippen LogP contribution in [0.2, 0.25) is 0 Å². The average molecular weight is 311 g/mol. The molecule has 1 unspecified atom stereocenters. The summed E-state index contributed by atoms with van der Waals surface area (Å²) in [4.78, 5) is 10.5. The molecule has 1 saturated carbocycles. The lowest BCUT2D eigenvalue weighted by Crippen LogP contribution is -2.40. The van der Waals surface area contributed by atoms with Crippen LogP contribution in [0.5, 0.6) is 0 Å². The fraction of sp³-hybridized carbons (Fsp3) is 0.812. The van der Waals surface area contributed by atoms with Gasteiger partial charge in [0.25, 0.3) is 0 Å². The maximum Gasteiger partial charge on any atom is 0.185 e. The Balaban J connectivity index is 2.10. The normalized spacial score (nSPS) is 18.2. The maximum atomic E-state index is 9.83. The van der Waals surface area contributed by atoms with E-state index in [1.165, 1.54) is 37.0 Å². The molecule has 5 heteroatoms. The van der Waals surface area contributed by atoms with Crippen molar-refractivity contribution in [1.82, 2.24) is 9.88 Å². The molecule has 0 spiro atoms. The van der Waals surface area contributed by atoms with E-state index in [0.29, 0.717) is 6.04 Å². The molecule has 1 aromatic rings. The van der Waals surface area contributed by atoms with Gasteiger partial charge in [-0.15, -0.1) is 11.3 Å². The van der Waals surface area contributed by atoms with Crippen LogP contribution in [0.25, 0.3) is 0 Å². The van der Waals surface area contributed by atoms with Gasteiger partial charge in [0.2, 0.25) is 0 Å². The topological polar surface area (TPSA) is 39.6 Å². The van der Waals surface area contributed by atoms with E-state index in [-0.39, 0.29) is 6.10 Å². The van der Waals surface area contributed by atoms with Gasteiger partial charge in [-0.3, -0.25) is 4.90 Å². The third-order valence-corrected chi connectivity index (χ3v) is 5.51. The van der Waals surface area contributed by atoms with E-state index in [9.17, 15) is 5.11 Å². The number of aliphatic hydroxyl groups excluding tert-OH is 1. The molecule has 0 bridgehead atoms. The van der Waals surface area contributed by atoms with Crippen molar-refractivity contribution < 1.29 is 5.11 Å². The molecule has 0 radical (unpaired) electrons. The van der Waals surface area contributed by atoms with E-state index in [1.54, 1.807) is 11.3 Å². The summed E-state index contributed by atoms with van der Waals surface area (Å²) in [6, 6.07) is 0.623. The molecule has 1 aliphatic rings. The van der Waals surface area contributed by atoms with Crippen LogP contribution in [-0.2, 0) is 6.54 Å². The van der Waals surface area contributed by atoms with Crippen LogP contribution in [0, 0.1) is 6.92 Å². The number of aryl methyl sites for hydroxylation is 1. The fourth-order valence-electron chi connectivity index (χ4n) is 3.06. The Hall–Kier alpha value is -0.650. The molecule has 1 fully saturated rings. The Morgan fingerprint density at radius 1 is 1.29 bits per heavy atom. The van der Waals surface area contributed by atoms with E-state index in [1.807, 2.05) is 21.0 Å². The summed E-state index contributed by atoms with van der Waals surface area (Å²) in [6.45, 7) is 5.67. The van der Waals surface area contributed by atoms with Crippen molar-refractivity contribution in [3.63, 3.8) is 0 Å². The van der Waals surface area contributed by atoms with Crippen molar-refractivity contribution in [3.05, 3.63) is 10.6 Å². The van der Waals surface area contributed by atoms with E-state index < -0.39 is 0 Å². The Morgan fingerprint density at radius 2 is 1.95 bits per heavy atom. The second-order valence-electron chi connectivity index (χ2n) is 6.47. The Bertz CT molecular complexity index is 439. The highest BCUT2D eigenvalue weighted by molar-refractivity contribution is 7.15. The van der Waals surface area contributed by atoms with Gasteiger partial charge >= 0.3 is 0 Å². The maximum absolute atomic E-state index is 9.83. The second kappa shape index (κ2) is 7.56. The predicted molar refractivity (Wildman–Crippen MR) is 90.1 cm³/mol. The van der Waals surface area contributed by atoms with E-state index in [2.05, 4.69) is 21.7 Å². The Morgan fingerprint density at radius 3 is 2.48 bits per heavy atom. The molecule has 0 aromatic carbocycles. The Labute approximate surface area is 132 Å². The van der Waals surface area contributed by atoms with Crippen molar-refractivity contribution in [2.75, 3.05) is 25.5 Å². The van der Waals surface area contributed by atoms with Gasteiger partial charge in [-0.1, -0.05) is 19.3 Å². The van der Waals surface area contributed by atoms with E-state index in [0.717, 1.165) is 23.9 Å². The highest BCUT2D eigenvalue weighted by Crippen LogP contribution is 2.29. The smallest absolute Gasteiger partial charge is 0.185 e. The molecule has 1 atom stereocenters. The first kappa shape index (κ1) is 16.7. The zero-order chi connectivity index (χ0) is 15.4. The number of aromatic nitrogens is 1. The van der Waals surface area contributed by atoms with Gasteiger partial charge in [0.15, 0.2) is 5.13 Å². The summed E-state index contributed by atoms with van der Waals surface area (Å²) in [5.74, 6) is 0. The zero-order valence-electron chi connectivity index (χ0n) is 13.8. The molecule has 2 rings (SSSR count).